The summed E-state index contributed by atoms with van der Waals surface area (Å²) in [4.78, 5) is 29.2. The summed E-state index contributed by atoms with van der Waals surface area (Å²) in [6, 6.07) is 6.91. The molecule has 8 nitrogen and oxygen atoms in total. The van der Waals surface area contributed by atoms with Crippen LogP contribution in [0.2, 0.25) is 0 Å². The van der Waals surface area contributed by atoms with E-state index < -0.39 is 23.9 Å². The van der Waals surface area contributed by atoms with Crippen LogP contribution in [0.25, 0.3) is 0 Å². The van der Waals surface area contributed by atoms with Gasteiger partial charge in [-0.05, 0) is 31.2 Å². The highest BCUT2D eigenvalue weighted by atomic mass is 19.4. The summed E-state index contributed by atoms with van der Waals surface area (Å²) in [7, 11) is 0. The summed E-state index contributed by atoms with van der Waals surface area (Å²) in [5, 5.41) is 5.61. The minimum Gasteiger partial charge on any atom is -0.494 e. The molecule has 0 bridgehead atoms. The van der Waals surface area contributed by atoms with Crippen molar-refractivity contribution >= 4 is 17.5 Å². The van der Waals surface area contributed by atoms with Crippen LogP contribution in [0.15, 0.2) is 28.8 Å². The number of hydrogen-bond donors (Lipinski definition) is 1. The van der Waals surface area contributed by atoms with Gasteiger partial charge in [0, 0.05) is 18.7 Å². The molecule has 2 aromatic rings. The van der Waals surface area contributed by atoms with Crippen molar-refractivity contribution < 1.29 is 32.0 Å². The van der Waals surface area contributed by atoms with E-state index in [9.17, 15) is 22.8 Å². The van der Waals surface area contributed by atoms with Crippen LogP contribution in [0.3, 0.4) is 0 Å². The Bertz CT molecular complexity index is 851. The summed E-state index contributed by atoms with van der Waals surface area (Å²) < 4.78 is 46.7. The first-order valence-corrected chi connectivity index (χ1v) is 8.48. The Morgan fingerprint density at radius 1 is 1.36 bits per heavy atom. The average Bonchev–Trinajstić information content (AvgIpc) is 3.27. The van der Waals surface area contributed by atoms with Gasteiger partial charge in [0.1, 0.15) is 5.75 Å². The molecular formula is C17H17F3N4O4. The van der Waals surface area contributed by atoms with E-state index >= 15 is 0 Å². The number of aromatic nitrogens is 2. The van der Waals surface area contributed by atoms with Gasteiger partial charge in [-0.1, -0.05) is 5.16 Å². The second-order valence-electron chi connectivity index (χ2n) is 6.06. The molecule has 0 spiro atoms. The molecule has 1 atom stereocenters. The van der Waals surface area contributed by atoms with Gasteiger partial charge in [-0.2, -0.15) is 18.2 Å². The van der Waals surface area contributed by atoms with E-state index in [0.29, 0.717) is 18.0 Å². The number of halogens is 3. The molecule has 2 heterocycles. The number of nitrogens with one attached hydrogen (secondary N) is 1. The SMILES string of the molecule is CCOc1ccc(N2CC(C(=O)NCc3noc(C(F)(F)F)n3)CC2=O)cc1. The molecule has 150 valence electrons. The van der Waals surface area contributed by atoms with Crippen LogP contribution >= 0.6 is 0 Å². The van der Waals surface area contributed by atoms with Crippen molar-refractivity contribution in [3.05, 3.63) is 36.0 Å². The van der Waals surface area contributed by atoms with Crippen LogP contribution in [0.1, 0.15) is 25.1 Å². The average molecular weight is 398 g/mol. The van der Waals surface area contributed by atoms with Crippen molar-refractivity contribution in [1.29, 1.82) is 0 Å². The van der Waals surface area contributed by atoms with E-state index in [1.165, 1.54) is 4.90 Å². The summed E-state index contributed by atoms with van der Waals surface area (Å²) in [5.74, 6) is -2.43. The fraction of sp³-hybridized carbons (Fsp3) is 0.412. The van der Waals surface area contributed by atoms with Crippen molar-refractivity contribution in [3.63, 3.8) is 0 Å². The van der Waals surface area contributed by atoms with Crippen molar-refractivity contribution in [2.24, 2.45) is 5.92 Å². The quantitative estimate of drug-likeness (QED) is 0.801. The number of hydrogen-bond acceptors (Lipinski definition) is 6. The first kappa shape index (κ1) is 19.6. The lowest BCUT2D eigenvalue weighted by atomic mass is 10.1. The minimum absolute atomic E-state index is 0.000903. The van der Waals surface area contributed by atoms with Crippen LogP contribution in [0.5, 0.6) is 5.75 Å². The number of nitrogens with zero attached hydrogens (tertiary/aromatic N) is 3. The zero-order chi connectivity index (χ0) is 20.3. The molecule has 1 fully saturated rings. The summed E-state index contributed by atoms with van der Waals surface area (Å²) in [6.07, 6.45) is -4.75. The second-order valence-corrected chi connectivity index (χ2v) is 6.06. The van der Waals surface area contributed by atoms with E-state index in [1.807, 2.05) is 6.92 Å². The van der Waals surface area contributed by atoms with Gasteiger partial charge in [-0.3, -0.25) is 9.59 Å². The zero-order valence-electron chi connectivity index (χ0n) is 14.8. The summed E-state index contributed by atoms with van der Waals surface area (Å²) >= 11 is 0. The molecule has 1 aromatic carbocycles. The maximum Gasteiger partial charge on any atom is 0.471 e. The molecule has 1 unspecified atom stereocenters. The van der Waals surface area contributed by atoms with Crippen molar-refractivity contribution in [2.45, 2.75) is 26.1 Å². The Hall–Kier alpha value is -3.11. The predicted molar refractivity (Wildman–Crippen MR) is 89.2 cm³/mol. The van der Waals surface area contributed by atoms with Gasteiger partial charge >= 0.3 is 12.1 Å². The monoisotopic (exact) mass is 398 g/mol. The highest BCUT2D eigenvalue weighted by molar-refractivity contribution is 6.00. The molecule has 1 aliphatic heterocycles. The van der Waals surface area contributed by atoms with Crippen LogP contribution in [0, 0.1) is 5.92 Å². The van der Waals surface area contributed by atoms with E-state index in [1.54, 1.807) is 24.3 Å². The summed E-state index contributed by atoms with van der Waals surface area (Å²) in [6.45, 7) is 2.22. The molecule has 28 heavy (non-hydrogen) atoms. The molecule has 1 aliphatic rings. The maximum atomic E-state index is 12.4. The van der Waals surface area contributed by atoms with E-state index in [2.05, 4.69) is 20.0 Å². The van der Waals surface area contributed by atoms with Crippen LogP contribution < -0.4 is 15.0 Å². The normalized spacial score (nSPS) is 17.1. The van der Waals surface area contributed by atoms with E-state index in [4.69, 9.17) is 4.74 Å². The van der Waals surface area contributed by atoms with Gasteiger partial charge in [0.05, 0.1) is 19.1 Å². The van der Waals surface area contributed by atoms with Gasteiger partial charge in [-0.15, -0.1) is 0 Å². The van der Waals surface area contributed by atoms with E-state index in [0.717, 1.165) is 0 Å². The highest BCUT2D eigenvalue weighted by Crippen LogP contribution is 2.28. The molecular weight excluding hydrogens is 381 g/mol. The lowest BCUT2D eigenvalue weighted by Crippen LogP contribution is -2.32. The van der Waals surface area contributed by atoms with Gasteiger partial charge in [0.15, 0.2) is 5.82 Å². The molecule has 1 saturated heterocycles. The van der Waals surface area contributed by atoms with Crippen molar-refractivity contribution in [2.75, 3.05) is 18.1 Å². The molecule has 2 amide bonds. The van der Waals surface area contributed by atoms with Gasteiger partial charge < -0.3 is 19.5 Å². The third-order valence-electron chi connectivity index (χ3n) is 4.09. The third-order valence-corrected chi connectivity index (χ3v) is 4.09. The molecule has 0 aliphatic carbocycles. The molecule has 1 aromatic heterocycles. The van der Waals surface area contributed by atoms with Crippen LogP contribution in [-0.2, 0) is 22.3 Å². The zero-order valence-corrected chi connectivity index (χ0v) is 14.8. The highest BCUT2D eigenvalue weighted by Gasteiger charge is 2.39. The standard InChI is InChI=1S/C17H17F3N4O4/c1-2-27-12-5-3-11(4-6-12)24-9-10(7-14(24)25)15(26)21-8-13-22-16(28-23-13)17(18,19)20/h3-6,10H,2,7-9H2,1H3,(H,21,26). The molecule has 0 radical (unpaired) electrons. The third kappa shape index (κ3) is 4.41. The number of benzene rings is 1. The smallest absolute Gasteiger partial charge is 0.471 e. The number of amides is 2. The molecule has 11 heteroatoms. The van der Waals surface area contributed by atoms with Gasteiger partial charge in [0.25, 0.3) is 0 Å². The maximum absolute atomic E-state index is 12.4. The largest absolute Gasteiger partial charge is 0.494 e. The minimum atomic E-state index is -4.74. The Morgan fingerprint density at radius 2 is 2.07 bits per heavy atom. The Kier molecular flexibility index (Phi) is 5.52. The Balaban J connectivity index is 1.57. The summed E-state index contributed by atoms with van der Waals surface area (Å²) in [5.41, 5.74) is 0.636. The lowest BCUT2D eigenvalue weighted by molar-refractivity contribution is -0.159. The predicted octanol–water partition coefficient (Wildman–Crippen LogP) is 2.16. The fourth-order valence-corrected chi connectivity index (χ4v) is 2.77. The Labute approximate surface area is 157 Å². The number of alkyl halides is 3. The van der Waals surface area contributed by atoms with Crippen LogP contribution in [0.4, 0.5) is 18.9 Å². The second kappa shape index (κ2) is 7.87. The van der Waals surface area contributed by atoms with Crippen molar-refractivity contribution in [3.8, 4) is 5.75 Å². The van der Waals surface area contributed by atoms with E-state index in [-0.39, 0.29) is 31.2 Å². The number of carbonyl (C=O) groups excluding carboxylic acids is 2. The first-order chi connectivity index (χ1) is 13.3. The first-order valence-electron chi connectivity index (χ1n) is 8.48. The van der Waals surface area contributed by atoms with Crippen LogP contribution in [-0.4, -0.2) is 35.1 Å². The molecule has 1 N–H and O–H groups in total. The van der Waals surface area contributed by atoms with Gasteiger partial charge in [-0.25, -0.2) is 0 Å². The van der Waals surface area contributed by atoms with Crippen molar-refractivity contribution in [1.82, 2.24) is 15.5 Å². The Morgan fingerprint density at radius 3 is 2.68 bits per heavy atom. The number of carbonyl (C=O) groups is 2. The number of anilines is 1. The fourth-order valence-electron chi connectivity index (χ4n) is 2.77. The topological polar surface area (TPSA) is 97.6 Å². The number of ether oxygens (including phenoxy) is 1. The molecule has 0 saturated carbocycles. The molecule has 3 rings (SSSR count). The van der Waals surface area contributed by atoms with Gasteiger partial charge in [0.2, 0.25) is 11.8 Å². The lowest BCUT2D eigenvalue weighted by Gasteiger charge is -2.17. The number of rotatable bonds is 6.